The lowest BCUT2D eigenvalue weighted by molar-refractivity contribution is -0.134. The molecule has 1 atom stereocenters. The van der Waals surface area contributed by atoms with Crippen LogP contribution in [0.5, 0.6) is 0 Å². The highest BCUT2D eigenvalue weighted by Crippen LogP contribution is 2.22. The summed E-state index contributed by atoms with van der Waals surface area (Å²) in [7, 11) is 0. The van der Waals surface area contributed by atoms with Crippen molar-refractivity contribution in [3.63, 3.8) is 0 Å². The molecule has 6 nitrogen and oxygen atoms in total. The number of nitrogens with two attached hydrogens (primary N) is 1. The molecule has 1 aliphatic heterocycles. The highest BCUT2D eigenvalue weighted by Gasteiger charge is 2.33. The molecule has 0 saturated carbocycles. The molecule has 0 bridgehead atoms. The summed E-state index contributed by atoms with van der Waals surface area (Å²) >= 11 is 0. The number of carbonyl (C=O) groups is 2. The average molecular weight is 384 g/mol. The molecule has 1 aliphatic rings. The van der Waals surface area contributed by atoms with Gasteiger partial charge in [0.25, 0.3) is 5.91 Å². The van der Waals surface area contributed by atoms with Gasteiger partial charge in [-0.1, -0.05) is 26.0 Å². The quantitative estimate of drug-likeness (QED) is 0.879. The van der Waals surface area contributed by atoms with Gasteiger partial charge in [-0.25, -0.2) is 9.37 Å². The van der Waals surface area contributed by atoms with E-state index in [2.05, 4.69) is 4.98 Å². The average Bonchev–Trinajstić information content (AvgIpc) is 2.83. The molecule has 3 rings (SSSR count). The Labute approximate surface area is 164 Å². The van der Waals surface area contributed by atoms with E-state index in [0.717, 1.165) is 5.56 Å². The van der Waals surface area contributed by atoms with Gasteiger partial charge in [0.1, 0.15) is 11.6 Å². The van der Waals surface area contributed by atoms with E-state index >= 15 is 0 Å². The number of halogens is 1. The van der Waals surface area contributed by atoms with E-state index < -0.39 is 0 Å². The second-order valence-electron chi connectivity index (χ2n) is 7.43. The standard InChI is InChI=1S/C21H25FN4O2/c1-14(2)18-13-25(21(28)16-7-9-24-19(23)11-16)10-8-20(27)26(18)12-15-3-5-17(22)6-4-15/h3-7,9,11,14,18H,8,10,12-13H2,1-2H3,(H2,23,24). The molecule has 1 fully saturated rings. The molecule has 7 heteroatoms. The molecule has 2 heterocycles. The van der Waals surface area contributed by atoms with E-state index in [1.807, 2.05) is 18.7 Å². The molecule has 2 amide bonds. The van der Waals surface area contributed by atoms with Crippen LogP contribution in [0.15, 0.2) is 42.6 Å². The Bertz CT molecular complexity index is 854. The van der Waals surface area contributed by atoms with Gasteiger partial charge in [0.2, 0.25) is 5.91 Å². The Balaban J connectivity index is 1.83. The largest absolute Gasteiger partial charge is 0.384 e. The number of pyridine rings is 1. The molecule has 1 saturated heterocycles. The normalized spacial score (nSPS) is 17.7. The van der Waals surface area contributed by atoms with E-state index in [0.29, 0.717) is 25.2 Å². The second kappa shape index (κ2) is 8.37. The summed E-state index contributed by atoms with van der Waals surface area (Å²) < 4.78 is 13.2. The predicted octanol–water partition coefficient (Wildman–Crippen LogP) is 2.70. The summed E-state index contributed by atoms with van der Waals surface area (Å²) in [5.41, 5.74) is 7.03. The van der Waals surface area contributed by atoms with Crippen LogP contribution >= 0.6 is 0 Å². The van der Waals surface area contributed by atoms with E-state index in [4.69, 9.17) is 5.73 Å². The minimum atomic E-state index is -0.306. The third-order valence-electron chi connectivity index (χ3n) is 5.07. The van der Waals surface area contributed by atoms with Crippen molar-refractivity contribution in [1.82, 2.24) is 14.8 Å². The lowest BCUT2D eigenvalue weighted by Gasteiger charge is -2.34. The van der Waals surface area contributed by atoms with Crippen LogP contribution in [0.2, 0.25) is 0 Å². The zero-order chi connectivity index (χ0) is 20.3. The van der Waals surface area contributed by atoms with Crippen LogP contribution in [-0.4, -0.2) is 45.7 Å². The molecule has 0 aliphatic carbocycles. The first-order valence-electron chi connectivity index (χ1n) is 9.40. The van der Waals surface area contributed by atoms with Crippen molar-refractivity contribution in [1.29, 1.82) is 0 Å². The number of anilines is 1. The highest BCUT2D eigenvalue weighted by molar-refractivity contribution is 5.95. The van der Waals surface area contributed by atoms with Crippen molar-refractivity contribution < 1.29 is 14.0 Å². The van der Waals surface area contributed by atoms with Gasteiger partial charge in [-0.2, -0.15) is 0 Å². The van der Waals surface area contributed by atoms with Gasteiger partial charge in [-0.15, -0.1) is 0 Å². The number of nitrogen functional groups attached to an aromatic ring is 1. The van der Waals surface area contributed by atoms with Gasteiger partial charge in [-0.05, 0) is 35.7 Å². The predicted molar refractivity (Wildman–Crippen MR) is 105 cm³/mol. The van der Waals surface area contributed by atoms with Crippen LogP contribution in [0.4, 0.5) is 10.2 Å². The van der Waals surface area contributed by atoms with Crippen LogP contribution in [-0.2, 0) is 11.3 Å². The Morgan fingerprint density at radius 2 is 2.00 bits per heavy atom. The van der Waals surface area contributed by atoms with Crippen molar-refractivity contribution >= 4 is 17.6 Å². The van der Waals surface area contributed by atoms with Gasteiger partial charge in [0.15, 0.2) is 0 Å². The smallest absolute Gasteiger partial charge is 0.254 e. The molecule has 28 heavy (non-hydrogen) atoms. The second-order valence-corrected chi connectivity index (χ2v) is 7.43. The molecule has 2 N–H and O–H groups in total. The molecular weight excluding hydrogens is 359 g/mol. The molecular formula is C21H25FN4O2. The van der Waals surface area contributed by atoms with Gasteiger partial charge >= 0.3 is 0 Å². The van der Waals surface area contributed by atoms with Gasteiger partial charge < -0.3 is 15.5 Å². The van der Waals surface area contributed by atoms with E-state index in [1.54, 1.807) is 29.2 Å². The maximum Gasteiger partial charge on any atom is 0.254 e. The first-order valence-corrected chi connectivity index (χ1v) is 9.40. The zero-order valence-corrected chi connectivity index (χ0v) is 16.1. The number of nitrogens with zero attached hydrogens (tertiary/aromatic N) is 3. The summed E-state index contributed by atoms with van der Waals surface area (Å²) in [5, 5.41) is 0. The van der Waals surface area contributed by atoms with Gasteiger partial charge in [0.05, 0.1) is 6.04 Å². The number of amides is 2. The molecule has 0 radical (unpaired) electrons. The van der Waals surface area contributed by atoms with Crippen molar-refractivity contribution in [3.8, 4) is 0 Å². The third kappa shape index (κ3) is 4.47. The van der Waals surface area contributed by atoms with Crippen molar-refractivity contribution in [2.75, 3.05) is 18.8 Å². The van der Waals surface area contributed by atoms with E-state index in [-0.39, 0.29) is 41.8 Å². The summed E-state index contributed by atoms with van der Waals surface area (Å²) in [6, 6.07) is 9.21. The van der Waals surface area contributed by atoms with Gasteiger partial charge in [0, 0.05) is 37.8 Å². The van der Waals surface area contributed by atoms with Crippen molar-refractivity contribution in [2.24, 2.45) is 5.92 Å². The van der Waals surface area contributed by atoms with Crippen molar-refractivity contribution in [3.05, 3.63) is 59.5 Å². The minimum Gasteiger partial charge on any atom is -0.384 e. The Kier molecular flexibility index (Phi) is 5.92. The number of hydrogen-bond acceptors (Lipinski definition) is 4. The van der Waals surface area contributed by atoms with Crippen LogP contribution < -0.4 is 5.73 Å². The van der Waals surface area contributed by atoms with E-state index in [9.17, 15) is 14.0 Å². The Morgan fingerprint density at radius 3 is 2.64 bits per heavy atom. The maximum absolute atomic E-state index is 13.2. The lowest BCUT2D eigenvalue weighted by Crippen LogP contribution is -2.47. The van der Waals surface area contributed by atoms with Crippen LogP contribution in [0.25, 0.3) is 0 Å². The van der Waals surface area contributed by atoms with Crippen LogP contribution in [0.1, 0.15) is 36.2 Å². The Morgan fingerprint density at radius 1 is 1.29 bits per heavy atom. The Hall–Kier alpha value is -2.96. The SMILES string of the molecule is CC(C)C1CN(C(=O)c2ccnc(N)c2)CCC(=O)N1Cc1ccc(F)cc1. The first kappa shape index (κ1) is 19.8. The van der Waals surface area contributed by atoms with Crippen LogP contribution in [0.3, 0.4) is 0 Å². The molecule has 0 spiro atoms. The van der Waals surface area contributed by atoms with Crippen molar-refractivity contribution in [2.45, 2.75) is 32.9 Å². The fraction of sp³-hybridized carbons (Fsp3) is 0.381. The number of hydrogen-bond donors (Lipinski definition) is 1. The number of carbonyl (C=O) groups excluding carboxylic acids is 2. The topological polar surface area (TPSA) is 79.5 Å². The number of aromatic nitrogens is 1. The number of rotatable bonds is 4. The number of benzene rings is 1. The molecule has 1 unspecified atom stereocenters. The maximum atomic E-state index is 13.2. The fourth-order valence-corrected chi connectivity index (χ4v) is 3.49. The summed E-state index contributed by atoms with van der Waals surface area (Å²) in [4.78, 5) is 33.2. The first-order chi connectivity index (χ1) is 13.3. The molecule has 1 aromatic heterocycles. The highest BCUT2D eigenvalue weighted by atomic mass is 19.1. The molecule has 2 aromatic rings. The molecule has 1 aromatic carbocycles. The minimum absolute atomic E-state index is 0.00688. The summed E-state index contributed by atoms with van der Waals surface area (Å²) in [5.74, 6) is -0.0288. The van der Waals surface area contributed by atoms with Crippen LogP contribution in [0, 0.1) is 11.7 Å². The fourth-order valence-electron chi connectivity index (χ4n) is 3.49. The molecule has 148 valence electrons. The summed E-state index contributed by atoms with van der Waals surface area (Å²) in [6.45, 7) is 5.25. The zero-order valence-electron chi connectivity index (χ0n) is 16.1. The van der Waals surface area contributed by atoms with Gasteiger partial charge in [-0.3, -0.25) is 9.59 Å². The summed E-state index contributed by atoms with van der Waals surface area (Å²) in [6.07, 6.45) is 1.75. The third-order valence-corrected chi connectivity index (χ3v) is 5.07. The lowest BCUT2D eigenvalue weighted by atomic mass is 10.0. The van der Waals surface area contributed by atoms with E-state index in [1.165, 1.54) is 18.3 Å². The monoisotopic (exact) mass is 384 g/mol.